The van der Waals surface area contributed by atoms with Crippen molar-refractivity contribution in [1.82, 2.24) is 5.32 Å². The van der Waals surface area contributed by atoms with Gasteiger partial charge in [-0.25, -0.2) is 8.42 Å². The second-order valence-electron chi connectivity index (χ2n) is 6.54. The molecule has 29 heavy (non-hydrogen) atoms. The van der Waals surface area contributed by atoms with Crippen LogP contribution in [-0.4, -0.2) is 50.7 Å². The van der Waals surface area contributed by atoms with Crippen molar-refractivity contribution >= 4 is 39.2 Å². The SMILES string of the molecule is CS(=O)(=O)N1CCc2cc(C(=O)Nc3cccc(C(=O)NCC(=O)O)c3)ccc21. The maximum atomic E-state index is 12.6. The predicted molar refractivity (Wildman–Crippen MR) is 107 cm³/mol. The van der Waals surface area contributed by atoms with E-state index in [0.29, 0.717) is 29.9 Å². The number of aliphatic carboxylic acids is 1. The quantitative estimate of drug-likeness (QED) is 0.644. The number of anilines is 2. The minimum absolute atomic E-state index is 0.210. The van der Waals surface area contributed by atoms with Crippen molar-refractivity contribution in [3.05, 3.63) is 59.2 Å². The number of carbonyl (C=O) groups is 3. The Balaban J connectivity index is 1.74. The van der Waals surface area contributed by atoms with Gasteiger partial charge >= 0.3 is 5.97 Å². The van der Waals surface area contributed by atoms with Crippen LogP contribution in [0.1, 0.15) is 26.3 Å². The summed E-state index contributed by atoms with van der Waals surface area (Å²) in [6, 6.07) is 10.9. The third-order valence-corrected chi connectivity index (χ3v) is 5.56. The highest BCUT2D eigenvalue weighted by Gasteiger charge is 2.26. The summed E-state index contributed by atoms with van der Waals surface area (Å²) in [5.41, 5.74) is 2.28. The molecule has 0 aliphatic carbocycles. The number of fused-ring (bicyclic) bond motifs is 1. The van der Waals surface area contributed by atoms with Crippen molar-refractivity contribution in [3.63, 3.8) is 0 Å². The van der Waals surface area contributed by atoms with E-state index in [-0.39, 0.29) is 5.56 Å². The second-order valence-corrected chi connectivity index (χ2v) is 8.45. The molecule has 0 spiro atoms. The molecule has 3 rings (SSSR count). The zero-order valence-electron chi connectivity index (χ0n) is 15.5. The zero-order chi connectivity index (χ0) is 21.2. The van der Waals surface area contributed by atoms with Crippen molar-refractivity contribution < 1.29 is 27.9 Å². The standard InChI is InChI=1S/C19H19N3O6S/c1-29(27,28)22-8-7-12-9-14(5-6-16(12)22)19(26)21-15-4-2-3-13(10-15)18(25)20-11-17(23)24/h2-6,9-10H,7-8,11H2,1H3,(H,20,25)(H,21,26)(H,23,24). The van der Waals surface area contributed by atoms with Crippen molar-refractivity contribution in [1.29, 1.82) is 0 Å². The Morgan fingerprint density at radius 1 is 1.07 bits per heavy atom. The number of carbonyl (C=O) groups excluding carboxylic acids is 2. The summed E-state index contributed by atoms with van der Waals surface area (Å²) in [6.45, 7) is -0.165. The largest absolute Gasteiger partial charge is 0.480 e. The lowest BCUT2D eigenvalue weighted by atomic mass is 10.1. The van der Waals surface area contributed by atoms with E-state index >= 15 is 0 Å². The number of rotatable bonds is 6. The number of sulfonamides is 1. The number of benzene rings is 2. The molecule has 1 aliphatic heterocycles. The molecule has 1 heterocycles. The Bertz CT molecular complexity index is 1100. The Labute approximate surface area is 167 Å². The van der Waals surface area contributed by atoms with Gasteiger partial charge in [0, 0.05) is 23.4 Å². The lowest BCUT2D eigenvalue weighted by molar-refractivity contribution is -0.135. The highest BCUT2D eigenvalue weighted by molar-refractivity contribution is 7.92. The zero-order valence-corrected chi connectivity index (χ0v) is 16.3. The van der Waals surface area contributed by atoms with Gasteiger partial charge in [-0.05, 0) is 48.4 Å². The molecule has 0 saturated carbocycles. The van der Waals surface area contributed by atoms with E-state index in [2.05, 4.69) is 10.6 Å². The Morgan fingerprint density at radius 2 is 1.79 bits per heavy atom. The summed E-state index contributed by atoms with van der Waals surface area (Å²) in [7, 11) is -3.36. The van der Waals surface area contributed by atoms with E-state index in [1.54, 1.807) is 30.3 Å². The molecule has 0 fully saturated rings. The summed E-state index contributed by atoms with van der Waals surface area (Å²) in [5, 5.41) is 13.6. The fraction of sp³-hybridized carbons (Fsp3) is 0.211. The normalized spacial score (nSPS) is 12.9. The molecule has 9 nitrogen and oxygen atoms in total. The minimum atomic E-state index is -3.36. The summed E-state index contributed by atoms with van der Waals surface area (Å²) in [4.78, 5) is 35.1. The molecule has 3 N–H and O–H groups in total. The number of nitrogens with zero attached hydrogens (tertiary/aromatic N) is 1. The third kappa shape index (κ3) is 4.72. The van der Waals surface area contributed by atoms with E-state index in [4.69, 9.17) is 5.11 Å². The first-order valence-electron chi connectivity index (χ1n) is 8.67. The summed E-state index contributed by atoms with van der Waals surface area (Å²) >= 11 is 0. The number of carboxylic acids is 1. The first-order valence-corrected chi connectivity index (χ1v) is 10.5. The van der Waals surface area contributed by atoms with Crippen molar-refractivity contribution in [2.24, 2.45) is 0 Å². The van der Waals surface area contributed by atoms with Gasteiger partial charge in [0.1, 0.15) is 6.54 Å². The lowest BCUT2D eigenvalue weighted by Gasteiger charge is -2.16. The number of nitrogens with one attached hydrogen (secondary N) is 2. The summed E-state index contributed by atoms with van der Waals surface area (Å²) < 4.78 is 24.9. The molecule has 1 aliphatic rings. The van der Waals surface area contributed by atoms with Gasteiger partial charge in [-0.15, -0.1) is 0 Å². The van der Waals surface area contributed by atoms with Gasteiger partial charge in [0.15, 0.2) is 0 Å². The Hall–Kier alpha value is -3.40. The first kappa shape index (κ1) is 20.3. The molecule has 0 saturated heterocycles. The van der Waals surface area contributed by atoms with Gasteiger partial charge in [0.05, 0.1) is 11.9 Å². The van der Waals surface area contributed by atoms with E-state index in [9.17, 15) is 22.8 Å². The van der Waals surface area contributed by atoms with Crippen LogP contribution >= 0.6 is 0 Å². The molecule has 10 heteroatoms. The van der Waals surface area contributed by atoms with E-state index in [0.717, 1.165) is 11.8 Å². The summed E-state index contributed by atoms with van der Waals surface area (Å²) in [6.07, 6.45) is 1.66. The highest BCUT2D eigenvalue weighted by Crippen LogP contribution is 2.30. The Morgan fingerprint density at radius 3 is 2.48 bits per heavy atom. The maximum absolute atomic E-state index is 12.6. The Kier molecular flexibility index (Phi) is 5.55. The second kappa shape index (κ2) is 7.92. The van der Waals surface area contributed by atoms with Crippen LogP contribution in [0, 0.1) is 0 Å². The monoisotopic (exact) mass is 417 g/mol. The van der Waals surface area contributed by atoms with Crippen LogP contribution in [0.3, 0.4) is 0 Å². The fourth-order valence-corrected chi connectivity index (χ4v) is 4.01. The fourth-order valence-electron chi connectivity index (χ4n) is 3.06. The third-order valence-electron chi connectivity index (χ3n) is 4.38. The molecule has 0 aromatic heterocycles. The molecule has 0 atom stereocenters. The average molecular weight is 417 g/mol. The van der Waals surface area contributed by atoms with Gasteiger partial charge < -0.3 is 15.7 Å². The van der Waals surface area contributed by atoms with E-state index in [1.807, 2.05) is 0 Å². The smallest absolute Gasteiger partial charge is 0.322 e. The highest BCUT2D eigenvalue weighted by atomic mass is 32.2. The predicted octanol–water partition coefficient (Wildman–Crippen LogP) is 1.08. The van der Waals surface area contributed by atoms with Crippen molar-refractivity contribution in [2.45, 2.75) is 6.42 Å². The van der Waals surface area contributed by atoms with E-state index < -0.39 is 34.4 Å². The van der Waals surface area contributed by atoms with Crippen LogP contribution < -0.4 is 14.9 Å². The first-order chi connectivity index (χ1) is 13.6. The molecule has 0 radical (unpaired) electrons. The van der Waals surface area contributed by atoms with E-state index in [1.165, 1.54) is 16.4 Å². The topological polar surface area (TPSA) is 133 Å². The van der Waals surface area contributed by atoms with Crippen LogP contribution in [0.4, 0.5) is 11.4 Å². The van der Waals surface area contributed by atoms with Crippen LogP contribution in [-0.2, 0) is 21.2 Å². The molecular formula is C19H19N3O6S. The molecule has 0 unspecified atom stereocenters. The van der Waals surface area contributed by atoms with Crippen molar-refractivity contribution in [2.75, 3.05) is 29.0 Å². The molecule has 2 amide bonds. The molecular weight excluding hydrogens is 398 g/mol. The molecule has 2 aromatic rings. The van der Waals surface area contributed by atoms with Crippen LogP contribution in [0.15, 0.2) is 42.5 Å². The van der Waals surface area contributed by atoms with Gasteiger partial charge in [-0.2, -0.15) is 0 Å². The lowest BCUT2D eigenvalue weighted by Crippen LogP contribution is -2.29. The van der Waals surface area contributed by atoms with Gasteiger partial charge in [0.25, 0.3) is 11.8 Å². The number of hydrogen-bond donors (Lipinski definition) is 3. The minimum Gasteiger partial charge on any atom is -0.480 e. The number of amides is 2. The number of carboxylic acid groups (broad SMARTS) is 1. The molecule has 0 bridgehead atoms. The maximum Gasteiger partial charge on any atom is 0.322 e. The number of hydrogen-bond acceptors (Lipinski definition) is 5. The van der Waals surface area contributed by atoms with Crippen LogP contribution in [0.5, 0.6) is 0 Å². The average Bonchev–Trinajstić information content (AvgIpc) is 3.09. The van der Waals surface area contributed by atoms with Crippen LogP contribution in [0.25, 0.3) is 0 Å². The molecule has 152 valence electrons. The summed E-state index contributed by atoms with van der Waals surface area (Å²) in [5.74, 6) is -2.13. The van der Waals surface area contributed by atoms with Crippen LogP contribution in [0.2, 0.25) is 0 Å². The van der Waals surface area contributed by atoms with Gasteiger partial charge in [-0.3, -0.25) is 18.7 Å². The van der Waals surface area contributed by atoms with Gasteiger partial charge in [-0.1, -0.05) is 6.07 Å². The van der Waals surface area contributed by atoms with Crippen molar-refractivity contribution in [3.8, 4) is 0 Å². The molecule has 2 aromatic carbocycles. The van der Waals surface area contributed by atoms with Gasteiger partial charge in [0.2, 0.25) is 10.0 Å².